The van der Waals surface area contributed by atoms with E-state index in [-0.39, 0.29) is 0 Å². The first kappa shape index (κ1) is 53.2. The Morgan fingerprint density at radius 2 is 0.384 bits per heavy atom. The standard InChI is InChI=1S/C79H57N5Si2/c1-9-27-60(28-10-1)74-57-75(64-31-25-45-72(55-64)85(66-33-13-3-14-34-66,67-35-15-4-16-36-67)68-37-17-5-18-38-68)81-76(80-74)62-51-47-58(48-52-62)59-49-53-63(54-50-59)78-82-77(61-29-11-2-12-30-61)83-79(84-78)65-32-26-46-73(56-65)86(69-39-19-6-20-40-69,70-41-21-7-22-42-70)71-43-23-8-24-44-71/h1-57H. The third kappa shape index (κ3) is 10.2. The van der Waals surface area contributed by atoms with Crippen molar-refractivity contribution in [2.45, 2.75) is 0 Å². The molecule has 0 fully saturated rings. The molecule has 2 heterocycles. The molecule has 2 aromatic heterocycles. The third-order valence-corrected chi connectivity index (χ3v) is 26.0. The van der Waals surface area contributed by atoms with Crippen LogP contribution in [0.2, 0.25) is 0 Å². The van der Waals surface area contributed by atoms with Crippen LogP contribution in [0.3, 0.4) is 0 Å². The summed E-state index contributed by atoms with van der Waals surface area (Å²) in [5.41, 5.74) is 9.58. The molecule has 7 heteroatoms. The number of aromatic nitrogens is 5. The van der Waals surface area contributed by atoms with Crippen LogP contribution in [0.15, 0.2) is 346 Å². The number of rotatable bonds is 15. The second kappa shape index (κ2) is 23.8. The van der Waals surface area contributed by atoms with E-state index in [4.69, 9.17) is 24.9 Å². The second-order valence-corrected chi connectivity index (χ2v) is 29.1. The van der Waals surface area contributed by atoms with Crippen molar-refractivity contribution in [3.63, 3.8) is 0 Å². The zero-order chi connectivity index (χ0) is 57.5. The van der Waals surface area contributed by atoms with Gasteiger partial charge in [0.2, 0.25) is 0 Å². The molecule has 86 heavy (non-hydrogen) atoms. The minimum Gasteiger partial charge on any atom is -0.228 e. The minimum atomic E-state index is -2.83. The van der Waals surface area contributed by atoms with Crippen molar-refractivity contribution >= 4 is 57.6 Å². The Bertz CT molecular complexity index is 4090. The lowest BCUT2D eigenvalue weighted by Gasteiger charge is -2.34. The Labute approximate surface area is 504 Å². The molecule has 0 bridgehead atoms. The fourth-order valence-corrected chi connectivity index (χ4v) is 22.0. The van der Waals surface area contributed by atoms with Gasteiger partial charge in [0.25, 0.3) is 0 Å². The molecule has 5 nitrogen and oxygen atoms in total. The monoisotopic (exact) mass is 1130 g/mol. The van der Waals surface area contributed by atoms with Gasteiger partial charge >= 0.3 is 0 Å². The summed E-state index contributed by atoms with van der Waals surface area (Å²) in [5, 5.41) is 10.4. The molecule has 0 saturated carbocycles. The van der Waals surface area contributed by atoms with E-state index in [1.54, 1.807) is 0 Å². The van der Waals surface area contributed by atoms with E-state index in [9.17, 15) is 0 Å². The van der Waals surface area contributed by atoms with Crippen LogP contribution in [0.1, 0.15) is 0 Å². The largest absolute Gasteiger partial charge is 0.228 e. The molecule has 0 aliphatic carbocycles. The van der Waals surface area contributed by atoms with Gasteiger partial charge in [-0.05, 0) is 58.7 Å². The van der Waals surface area contributed by atoms with Crippen molar-refractivity contribution in [1.82, 2.24) is 24.9 Å². The number of hydrogen-bond acceptors (Lipinski definition) is 5. The zero-order valence-electron chi connectivity index (χ0n) is 47.1. The topological polar surface area (TPSA) is 64.5 Å². The van der Waals surface area contributed by atoms with E-state index in [1.165, 1.54) is 41.5 Å². The molecule has 406 valence electrons. The Hall–Kier alpha value is -10.8. The minimum absolute atomic E-state index is 0.601. The van der Waals surface area contributed by atoms with E-state index < -0.39 is 16.1 Å². The van der Waals surface area contributed by atoms with Gasteiger partial charge in [0.05, 0.1) is 11.4 Å². The predicted molar refractivity (Wildman–Crippen MR) is 361 cm³/mol. The summed E-state index contributed by atoms with van der Waals surface area (Å²) < 4.78 is 0. The molecule has 14 aromatic rings. The molecule has 0 N–H and O–H groups in total. The van der Waals surface area contributed by atoms with Crippen LogP contribution < -0.4 is 41.5 Å². The van der Waals surface area contributed by atoms with E-state index >= 15 is 0 Å². The molecule has 12 aromatic carbocycles. The Kier molecular flexibility index (Phi) is 14.7. The highest BCUT2D eigenvalue weighted by atomic mass is 28.3. The Balaban J connectivity index is 0.818. The van der Waals surface area contributed by atoms with E-state index in [0.717, 1.165) is 55.9 Å². The average Bonchev–Trinajstić information content (AvgIpc) is 1.57. The first-order valence-corrected chi connectivity index (χ1v) is 33.1. The third-order valence-electron chi connectivity index (χ3n) is 16.5. The fourth-order valence-electron chi connectivity index (χ4n) is 12.4. The normalized spacial score (nSPS) is 11.5. The Morgan fingerprint density at radius 1 is 0.151 bits per heavy atom. The maximum Gasteiger partial charge on any atom is 0.179 e. The molecular weight excluding hydrogens is 1080 g/mol. The molecule has 0 amide bonds. The van der Waals surface area contributed by atoms with Crippen LogP contribution in [0.4, 0.5) is 0 Å². The quantitative estimate of drug-likeness (QED) is 0.0756. The maximum atomic E-state index is 5.39. The van der Waals surface area contributed by atoms with Gasteiger partial charge in [-0.3, -0.25) is 0 Å². The summed E-state index contributed by atoms with van der Waals surface area (Å²) in [6.07, 6.45) is 0. The Morgan fingerprint density at radius 3 is 0.744 bits per heavy atom. The van der Waals surface area contributed by atoms with Gasteiger partial charge in [0.1, 0.15) is 0 Å². The summed E-state index contributed by atoms with van der Waals surface area (Å²) in [7, 11) is -5.63. The summed E-state index contributed by atoms with van der Waals surface area (Å²) in [6.45, 7) is 0. The van der Waals surface area contributed by atoms with Crippen LogP contribution in [0, 0.1) is 0 Å². The van der Waals surface area contributed by atoms with Gasteiger partial charge in [-0.15, -0.1) is 0 Å². The van der Waals surface area contributed by atoms with Crippen molar-refractivity contribution in [2.75, 3.05) is 0 Å². The smallest absolute Gasteiger partial charge is 0.179 e. The fraction of sp³-hybridized carbons (Fsp3) is 0. The summed E-state index contributed by atoms with van der Waals surface area (Å²) in [6, 6.07) is 124. The maximum absolute atomic E-state index is 5.39. The van der Waals surface area contributed by atoms with Crippen molar-refractivity contribution in [3.05, 3.63) is 346 Å². The average molecular weight is 1130 g/mol. The van der Waals surface area contributed by atoms with Crippen LogP contribution in [0.25, 0.3) is 79.2 Å². The molecule has 14 rings (SSSR count). The molecule has 0 unspecified atom stereocenters. The van der Waals surface area contributed by atoms with Gasteiger partial charge in [-0.2, -0.15) is 0 Å². The summed E-state index contributed by atoms with van der Waals surface area (Å²) in [5.74, 6) is 2.49. The molecule has 0 saturated heterocycles. The SMILES string of the molecule is c1ccc(-c2cc(-c3cccc([Si](c4ccccc4)(c4ccccc4)c4ccccc4)c3)nc(-c3ccc(-c4ccc(-c5nc(-c6ccccc6)nc(-c6cccc([Si](c7ccccc7)(c7ccccc7)c7ccccc7)c6)n5)cc4)cc3)n2)cc1. The summed E-state index contributed by atoms with van der Waals surface area (Å²) >= 11 is 0. The van der Waals surface area contributed by atoms with Crippen molar-refractivity contribution in [3.8, 4) is 79.2 Å². The zero-order valence-corrected chi connectivity index (χ0v) is 49.1. The van der Waals surface area contributed by atoms with Crippen molar-refractivity contribution < 1.29 is 0 Å². The van der Waals surface area contributed by atoms with E-state index in [1.807, 2.05) is 24.3 Å². The van der Waals surface area contributed by atoms with Crippen LogP contribution in [0.5, 0.6) is 0 Å². The van der Waals surface area contributed by atoms with Gasteiger partial charge in [0, 0.05) is 33.4 Å². The first-order valence-electron chi connectivity index (χ1n) is 29.1. The summed E-state index contributed by atoms with van der Waals surface area (Å²) in [4.78, 5) is 26.3. The first-order chi connectivity index (χ1) is 42.6. The van der Waals surface area contributed by atoms with Gasteiger partial charge in [-0.1, -0.05) is 340 Å². The highest BCUT2D eigenvalue weighted by Crippen LogP contribution is 2.32. The molecular formula is C79H57N5Si2. The highest BCUT2D eigenvalue weighted by molar-refractivity contribution is 7.20. The van der Waals surface area contributed by atoms with Crippen molar-refractivity contribution in [1.29, 1.82) is 0 Å². The van der Waals surface area contributed by atoms with E-state index in [0.29, 0.717) is 23.3 Å². The molecule has 0 aliphatic heterocycles. The number of nitrogens with zero attached hydrogens (tertiary/aromatic N) is 5. The highest BCUT2D eigenvalue weighted by Gasteiger charge is 2.43. The lowest BCUT2D eigenvalue weighted by molar-refractivity contribution is 1.07. The molecule has 0 aliphatic rings. The lowest BCUT2D eigenvalue weighted by Crippen LogP contribution is -2.74. The molecule has 0 radical (unpaired) electrons. The number of hydrogen-bond donors (Lipinski definition) is 0. The lowest BCUT2D eigenvalue weighted by atomic mass is 10.0. The van der Waals surface area contributed by atoms with E-state index in [2.05, 4.69) is 322 Å². The second-order valence-electron chi connectivity index (χ2n) is 21.5. The molecule has 0 atom stereocenters. The number of benzene rings is 12. The van der Waals surface area contributed by atoms with Gasteiger partial charge in [-0.25, -0.2) is 24.9 Å². The van der Waals surface area contributed by atoms with Gasteiger partial charge < -0.3 is 0 Å². The predicted octanol–water partition coefficient (Wildman–Crippen LogP) is 13.1. The van der Waals surface area contributed by atoms with Crippen LogP contribution in [-0.4, -0.2) is 41.1 Å². The van der Waals surface area contributed by atoms with Crippen molar-refractivity contribution in [2.24, 2.45) is 0 Å². The van der Waals surface area contributed by atoms with Gasteiger partial charge in [0.15, 0.2) is 39.4 Å². The van der Waals surface area contributed by atoms with Crippen LogP contribution >= 0.6 is 0 Å². The van der Waals surface area contributed by atoms with Crippen LogP contribution in [-0.2, 0) is 0 Å². The molecule has 0 spiro atoms.